The molecule has 0 bridgehead atoms. The second-order valence-corrected chi connectivity index (χ2v) is 4.24. The molecule has 8 heteroatoms. The third-order valence-corrected chi connectivity index (χ3v) is 2.81. The zero-order valence-corrected chi connectivity index (χ0v) is 11.0. The fourth-order valence-electron chi connectivity index (χ4n) is 1.84. The van der Waals surface area contributed by atoms with Crippen LogP contribution in [0, 0.1) is 5.82 Å². The SMILES string of the molecule is COC(=O)c1cc(-c2ccn(C)n2)c(C(F)(F)F)cc1F. The lowest BCUT2D eigenvalue weighted by atomic mass is 10.00. The molecule has 1 aromatic heterocycles. The van der Waals surface area contributed by atoms with Crippen molar-refractivity contribution in [1.82, 2.24) is 9.78 Å². The number of hydrogen-bond acceptors (Lipinski definition) is 3. The van der Waals surface area contributed by atoms with Gasteiger partial charge in [0.1, 0.15) is 5.82 Å². The molecule has 1 heterocycles. The second kappa shape index (κ2) is 5.19. The van der Waals surface area contributed by atoms with Gasteiger partial charge in [-0.2, -0.15) is 18.3 Å². The van der Waals surface area contributed by atoms with Gasteiger partial charge in [0.25, 0.3) is 0 Å². The van der Waals surface area contributed by atoms with Crippen LogP contribution in [0.25, 0.3) is 11.3 Å². The van der Waals surface area contributed by atoms with Crippen molar-refractivity contribution in [3.8, 4) is 11.3 Å². The fraction of sp³-hybridized carbons (Fsp3) is 0.231. The molecule has 2 aromatic rings. The molecule has 0 spiro atoms. The van der Waals surface area contributed by atoms with E-state index in [9.17, 15) is 22.4 Å². The molecule has 0 amide bonds. The topological polar surface area (TPSA) is 44.1 Å². The lowest BCUT2D eigenvalue weighted by Crippen LogP contribution is -2.12. The van der Waals surface area contributed by atoms with Gasteiger partial charge in [-0.25, -0.2) is 9.18 Å². The zero-order valence-electron chi connectivity index (χ0n) is 11.0. The van der Waals surface area contributed by atoms with Crippen molar-refractivity contribution in [3.63, 3.8) is 0 Å². The monoisotopic (exact) mass is 302 g/mol. The van der Waals surface area contributed by atoms with Crippen LogP contribution in [-0.2, 0) is 18.0 Å². The third-order valence-electron chi connectivity index (χ3n) is 2.81. The Bertz CT molecular complexity index is 692. The number of carbonyl (C=O) groups excluding carboxylic acids is 1. The number of esters is 1. The summed E-state index contributed by atoms with van der Waals surface area (Å²) in [7, 11) is 2.54. The van der Waals surface area contributed by atoms with Crippen LogP contribution in [0.1, 0.15) is 15.9 Å². The highest BCUT2D eigenvalue weighted by atomic mass is 19.4. The van der Waals surface area contributed by atoms with Crippen molar-refractivity contribution in [2.45, 2.75) is 6.18 Å². The second-order valence-electron chi connectivity index (χ2n) is 4.24. The van der Waals surface area contributed by atoms with Gasteiger partial charge < -0.3 is 4.74 Å². The van der Waals surface area contributed by atoms with Crippen molar-refractivity contribution in [3.05, 3.63) is 41.3 Å². The Morgan fingerprint density at radius 2 is 2.00 bits per heavy atom. The Kier molecular flexibility index (Phi) is 3.71. The fourth-order valence-corrected chi connectivity index (χ4v) is 1.84. The van der Waals surface area contributed by atoms with E-state index in [1.54, 1.807) is 0 Å². The molecule has 112 valence electrons. The molecule has 0 saturated heterocycles. The average molecular weight is 302 g/mol. The maximum atomic E-state index is 13.7. The predicted octanol–water partition coefficient (Wildman–Crippen LogP) is 3.03. The first-order valence-electron chi connectivity index (χ1n) is 5.73. The summed E-state index contributed by atoms with van der Waals surface area (Å²) in [6, 6.07) is 2.41. The van der Waals surface area contributed by atoms with Crippen LogP contribution >= 0.6 is 0 Å². The molecule has 0 atom stereocenters. The summed E-state index contributed by atoms with van der Waals surface area (Å²) in [5, 5.41) is 3.85. The van der Waals surface area contributed by atoms with Crippen molar-refractivity contribution < 1.29 is 27.1 Å². The van der Waals surface area contributed by atoms with Gasteiger partial charge in [0.05, 0.1) is 23.9 Å². The van der Waals surface area contributed by atoms with E-state index in [2.05, 4.69) is 9.84 Å². The maximum absolute atomic E-state index is 13.7. The number of methoxy groups -OCH3 is 1. The largest absolute Gasteiger partial charge is 0.465 e. The standard InChI is InChI=1S/C13H10F4N2O2/c1-19-4-3-11(18-19)7-5-8(12(20)21-2)10(14)6-9(7)13(15,16)17/h3-6H,1-2H3. The van der Waals surface area contributed by atoms with Gasteiger partial charge in [-0.05, 0) is 18.2 Å². The molecule has 0 saturated carbocycles. The first-order chi connectivity index (χ1) is 9.74. The molecule has 0 aliphatic carbocycles. The first kappa shape index (κ1) is 15.0. The number of nitrogens with zero attached hydrogens (tertiary/aromatic N) is 2. The number of aryl methyl sites for hydroxylation is 1. The average Bonchev–Trinajstić information content (AvgIpc) is 2.83. The van der Waals surface area contributed by atoms with Gasteiger partial charge in [0, 0.05) is 18.8 Å². The Hall–Kier alpha value is -2.38. The molecule has 2 rings (SSSR count). The minimum absolute atomic E-state index is 0.0185. The van der Waals surface area contributed by atoms with Gasteiger partial charge in [-0.15, -0.1) is 0 Å². The number of halogens is 4. The summed E-state index contributed by atoms with van der Waals surface area (Å²) in [6.07, 6.45) is -3.33. The van der Waals surface area contributed by atoms with Crippen LogP contribution in [0.3, 0.4) is 0 Å². The number of ether oxygens (including phenoxy) is 1. The van der Waals surface area contributed by atoms with Crippen LogP contribution in [0.15, 0.2) is 24.4 Å². The van der Waals surface area contributed by atoms with Gasteiger partial charge in [0.2, 0.25) is 0 Å². The molecule has 0 aliphatic rings. The minimum atomic E-state index is -4.78. The Balaban J connectivity index is 2.72. The van der Waals surface area contributed by atoms with Crippen LogP contribution < -0.4 is 0 Å². The smallest absolute Gasteiger partial charge is 0.417 e. The van der Waals surface area contributed by atoms with E-state index in [0.29, 0.717) is 0 Å². The van der Waals surface area contributed by atoms with Gasteiger partial charge in [-0.3, -0.25) is 4.68 Å². The summed E-state index contributed by atoms with van der Waals surface area (Å²) >= 11 is 0. The zero-order chi connectivity index (χ0) is 15.8. The summed E-state index contributed by atoms with van der Waals surface area (Å²) in [5.74, 6) is -2.35. The summed E-state index contributed by atoms with van der Waals surface area (Å²) < 4.78 is 58.4. The molecule has 0 fully saturated rings. The van der Waals surface area contributed by atoms with E-state index in [0.717, 1.165) is 13.2 Å². The molecule has 0 aliphatic heterocycles. The first-order valence-corrected chi connectivity index (χ1v) is 5.73. The molecule has 0 N–H and O–H groups in total. The van der Waals surface area contributed by atoms with Gasteiger partial charge >= 0.3 is 12.1 Å². The highest BCUT2D eigenvalue weighted by Crippen LogP contribution is 2.38. The number of hydrogen-bond donors (Lipinski definition) is 0. The Morgan fingerprint density at radius 3 is 2.48 bits per heavy atom. The van der Waals surface area contributed by atoms with E-state index in [4.69, 9.17) is 0 Å². The Labute approximate surface area is 116 Å². The normalized spacial score (nSPS) is 11.5. The molecule has 4 nitrogen and oxygen atoms in total. The number of benzene rings is 1. The number of alkyl halides is 3. The van der Waals surface area contributed by atoms with Crippen molar-refractivity contribution in [2.75, 3.05) is 7.11 Å². The summed E-state index contributed by atoms with van der Waals surface area (Å²) in [5.41, 5.74) is -2.18. The lowest BCUT2D eigenvalue weighted by Gasteiger charge is -2.13. The molecular weight excluding hydrogens is 292 g/mol. The number of rotatable bonds is 2. The molecule has 21 heavy (non-hydrogen) atoms. The van der Waals surface area contributed by atoms with Crippen LogP contribution in [0.2, 0.25) is 0 Å². The van der Waals surface area contributed by atoms with Crippen LogP contribution in [0.5, 0.6) is 0 Å². The van der Waals surface area contributed by atoms with E-state index >= 15 is 0 Å². The highest BCUT2D eigenvalue weighted by molar-refractivity contribution is 5.91. The van der Waals surface area contributed by atoms with E-state index in [-0.39, 0.29) is 17.3 Å². The van der Waals surface area contributed by atoms with Crippen LogP contribution in [-0.4, -0.2) is 22.9 Å². The van der Waals surface area contributed by atoms with Crippen LogP contribution in [0.4, 0.5) is 17.6 Å². The van der Waals surface area contributed by atoms with Crippen molar-refractivity contribution >= 4 is 5.97 Å². The predicted molar refractivity (Wildman–Crippen MR) is 64.9 cm³/mol. The quantitative estimate of drug-likeness (QED) is 0.632. The van der Waals surface area contributed by atoms with Gasteiger partial charge in [-0.1, -0.05) is 0 Å². The van der Waals surface area contributed by atoms with Gasteiger partial charge in [0.15, 0.2) is 0 Å². The summed E-state index contributed by atoms with van der Waals surface area (Å²) in [6.45, 7) is 0. The Morgan fingerprint density at radius 1 is 1.33 bits per heavy atom. The maximum Gasteiger partial charge on any atom is 0.417 e. The molecule has 1 aromatic carbocycles. The molecular formula is C13H10F4N2O2. The number of carbonyl (C=O) groups is 1. The van der Waals surface area contributed by atoms with Crippen molar-refractivity contribution in [2.24, 2.45) is 7.05 Å². The van der Waals surface area contributed by atoms with E-state index in [1.807, 2.05) is 0 Å². The third kappa shape index (κ3) is 2.88. The van der Waals surface area contributed by atoms with E-state index < -0.39 is 29.1 Å². The lowest BCUT2D eigenvalue weighted by molar-refractivity contribution is -0.137. The highest BCUT2D eigenvalue weighted by Gasteiger charge is 2.36. The van der Waals surface area contributed by atoms with E-state index in [1.165, 1.54) is 24.0 Å². The minimum Gasteiger partial charge on any atom is -0.465 e. The summed E-state index contributed by atoms with van der Waals surface area (Å²) in [4.78, 5) is 11.4. The number of aromatic nitrogens is 2. The molecule has 0 radical (unpaired) electrons. The van der Waals surface area contributed by atoms with Crippen molar-refractivity contribution in [1.29, 1.82) is 0 Å². The molecule has 0 unspecified atom stereocenters.